The molecule has 1 aromatic heterocycles. The molecule has 0 aliphatic carbocycles. The second-order valence-electron chi connectivity index (χ2n) is 5.07. The first kappa shape index (κ1) is 13.6. The van der Waals surface area contributed by atoms with Gasteiger partial charge >= 0.3 is 0 Å². The number of nitrogens with zero attached hydrogens (tertiary/aromatic N) is 2. The van der Waals surface area contributed by atoms with Crippen LogP contribution in [0.15, 0.2) is 42.6 Å². The summed E-state index contributed by atoms with van der Waals surface area (Å²) in [6, 6.07) is 12.6. The van der Waals surface area contributed by atoms with E-state index in [2.05, 4.69) is 54.2 Å². The van der Waals surface area contributed by atoms with E-state index in [1.54, 1.807) is 0 Å². The van der Waals surface area contributed by atoms with Crippen LogP contribution < -0.4 is 10.6 Å². The fourth-order valence-corrected chi connectivity index (χ4v) is 1.95. The van der Waals surface area contributed by atoms with Gasteiger partial charge in [-0.25, -0.2) is 0 Å². The maximum Gasteiger partial charge on any atom is 0.0569 e. The Hall–Kier alpha value is -1.87. The summed E-state index contributed by atoms with van der Waals surface area (Å²) in [4.78, 5) is 6.57. The van der Waals surface area contributed by atoms with Crippen LogP contribution in [-0.2, 0) is 6.54 Å². The lowest BCUT2D eigenvalue weighted by molar-refractivity contribution is 0.779. The normalized spacial score (nSPS) is 12.2. The molecule has 1 aromatic carbocycles. The van der Waals surface area contributed by atoms with Crippen molar-refractivity contribution in [3.8, 4) is 0 Å². The molecule has 2 aromatic rings. The van der Waals surface area contributed by atoms with E-state index in [4.69, 9.17) is 5.73 Å². The largest absolute Gasteiger partial charge is 0.369 e. The zero-order valence-corrected chi connectivity index (χ0v) is 11.8. The maximum atomic E-state index is 5.80. The molecule has 2 N–H and O–H groups in total. The van der Waals surface area contributed by atoms with Crippen molar-refractivity contribution >= 4 is 5.69 Å². The Balaban J connectivity index is 2.07. The number of aryl methyl sites for hydroxylation is 1. The summed E-state index contributed by atoms with van der Waals surface area (Å²) in [6.07, 6.45) is 1.88. The van der Waals surface area contributed by atoms with Gasteiger partial charge in [0.05, 0.1) is 17.6 Å². The van der Waals surface area contributed by atoms with Crippen LogP contribution in [-0.4, -0.2) is 12.0 Å². The summed E-state index contributed by atoms with van der Waals surface area (Å²) in [5.41, 5.74) is 10.4. The van der Waals surface area contributed by atoms with Gasteiger partial charge < -0.3 is 10.6 Å². The molecule has 2 rings (SSSR count). The molecule has 1 heterocycles. The lowest BCUT2D eigenvalue weighted by atomic mass is 10.1. The van der Waals surface area contributed by atoms with Gasteiger partial charge in [0.15, 0.2) is 0 Å². The third kappa shape index (κ3) is 3.55. The van der Waals surface area contributed by atoms with Gasteiger partial charge in [-0.1, -0.05) is 29.8 Å². The van der Waals surface area contributed by atoms with Gasteiger partial charge in [0.1, 0.15) is 0 Å². The first-order valence-electron chi connectivity index (χ1n) is 6.54. The first-order valence-corrected chi connectivity index (χ1v) is 6.54. The number of benzene rings is 1. The van der Waals surface area contributed by atoms with Crippen LogP contribution in [0.5, 0.6) is 0 Å². The highest BCUT2D eigenvalue weighted by Gasteiger charge is 2.05. The molecule has 0 fully saturated rings. The number of nitrogens with two attached hydrogens (primary N) is 1. The molecule has 100 valence electrons. The smallest absolute Gasteiger partial charge is 0.0569 e. The monoisotopic (exact) mass is 255 g/mol. The molecule has 1 atom stereocenters. The zero-order chi connectivity index (χ0) is 13.8. The maximum absolute atomic E-state index is 5.80. The van der Waals surface area contributed by atoms with E-state index in [9.17, 15) is 0 Å². The summed E-state index contributed by atoms with van der Waals surface area (Å²) in [7, 11) is 2.07. The molecule has 0 aliphatic heterocycles. The zero-order valence-electron chi connectivity index (χ0n) is 11.8. The van der Waals surface area contributed by atoms with Gasteiger partial charge in [0.2, 0.25) is 0 Å². The molecule has 1 unspecified atom stereocenters. The molecule has 0 bridgehead atoms. The Morgan fingerprint density at radius 1 is 1.16 bits per heavy atom. The predicted molar refractivity (Wildman–Crippen MR) is 80.1 cm³/mol. The van der Waals surface area contributed by atoms with Crippen LogP contribution in [0.3, 0.4) is 0 Å². The molecule has 3 nitrogen and oxygen atoms in total. The summed E-state index contributed by atoms with van der Waals surface area (Å²) in [5, 5.41) is 0. The van der Waals surface area contributed by atoms with E-state index in [-0.39, 0.29) is 6.04 Å². The van der Waals surface area contributed by atoms with Crippen LogP contribution in [0.2, 0.25) is 0 Å². The van der Waals surface area contributed by atoms with Gasteiger partial charge in [0, 0.05) is 19.6 Å². The lowest BCUT2D eigenvalue weighted by Crippen LogP contribution is -2.17. The van der Waals surface area contributed by atoms with Gasteiger partial charge in [0.25, 0.3) is 0 Å². The van der Waals surface area contributed by atoms with E-state index >= 15 is 0 Å². The minimum Gasteiger partial charge on any atom is -0.369 e. The molecule has 0 spiro atoms. The minimum absolute atomic E-state index is 0.0172. The Bertz CT molecular complexity index is 515. The van der Waals surface area contributed by atoms with Crippen molar-refractivity contribution in [2.24, 2.45) is 5.73 Å². The van der Waals surface area contributed by atoms with Crippen molar-refractivity contribution in [1.29, 1.82) is 0 Å². The molecule has 0 radical (unpaired) electrons. The Labute approximate surface area is 115 Å². The second kappa shape index (κ2) is 5.85. The average Bonchev–Trinajstić information content (AvgIpc) is 2.41. The summed E-state index contributed by atoms with van der Waals surface area (Å²) < 4.78 is 0. The predicted octanol–water partition coefficient (Wildman–Crippen LogP) is 3.05. The third-order valence-electron chi connectivity index (χ3n) is 3.22. The van der Waals surface area contributed by atoms with Crippen LogP contribution in [0, 0.1) is 6.92 Å². The fourth-order valence-electron chi connectivity index (χ4n) is 1.95. The topological polar surface area (TPSA) is 42.1 Å². The summed E-state index contributed by atoms with van der Waals surface area (Å²) in [6.45, 7) is 4.92. The molecule has 0 saturated heterocycles. The molecule has 3 heteroatoms. The van der Waals surface area contributed by atoms with Gasteiger partial charge in [-0.15, -0.1) is 0 Å². The Morgan fingerprint density at radius 3 is 2.37 bits per heavy atom. The SMILES string of the molecule is Cc1ccc(CN(C)c2ccc(C(C)N)nc2)cc1. The minimum atomic E-state index is -0.0172. The van der Waals surface area contributed by atoms with Gasteiger partial charge in [-0.3, -0.25) is 4.98 Å². The van der Waals surface area contributed by atoms with Crippen molar-refractivity contribution in [3.05, 3.63) is 59.4 Å². The van der Waals surface area contributed by atoms with Crippen LogP contribution in [0.4, 0.5) is 5.69 Å². The van der Waals surface area contributed by atoms with Crippen molar-refractivity contribution in [2.75, 3.05) is 11.9 Å². The number of pyridine rings is 1. The number of rotatable bonds is 4. The highest BCUT2D eigenvalue weighted by Crippen LogP contribution is 2.16. The number of hydrogen-bond donors (Lipinski definition) is 1. The molecular formula is C16H21N3. The molecular weight excluding hydrogens is 234 g/mol. The third-order valence-corrected chi connectivity index (χ3v) is 3.22. The molecule has 19 heavy (non-hydrogen) atoms. The molecule has 0 saturated carbocycles. The number of anilines is 1. The van der Waals surface area contributed by atoms with Crippen molar-refractivity contribution < 1.29 is 0 Å². The first-order chi connectivity index (χ1) is 9.06. The van der Waals surface area contributed by atoms with Crippen LogP contribution >= 0.6 is 0 Å². The summed E-state index contributed by atoms with van der Waals surface area (Å²) in [5.74, 6) is 0. The lowest BCUT2D eigenvalue weighted by Gasteiger charge is -2.19. The molecule has 0 amide bonds. The van der Waals surface area contributed by atoms with Gasteiger partial charge in [-0.2, -0.15) is 0 Å². The van der Waals surface area contributed by atoms with E-state index in [1.165, 1.54) is 11.1 Å². The van der Waals surface area contributed by atoms with Crippen LogP contribution in [0.25, 0.3) is 0 Å². The highest BCUT2D eigenvalue weighted by atomic mass is 15.1. The standard InChI is InChI=1S/C16H21N3/c1-12-4-6-14(7-5-12)11-19(3)15-8-9-16(13(2)17)18-10-15/h4-10,13H,11,17H2,1-3H3. The van der Waals surface area contributed by atoms with Crippen molar-refractivity contribution in [1.82, 2.24) is 4.98 Å². The van der Waals surface area contributed by atoms with E-state index in [0.29, 0.717) is 0 Å². The average molecular weight is 255 g/mol. The summed E-state index contributed by atoms with van der Waals surface area (Å²) >= 11 is 0. The molecule has 0 aliphatic rings. The van der Waals surface area contributed by atoms with E-state index in [0.717, 1.165) is 17.9 Å². The van der Waals surface area contributed by atoms with Crippen LogP contribution in [0.1, 0.15) is 29.8 Å². The number of hydrogen-bond acceptors (Lipinski definition) is 3. The Morgan fingerprint density at radius 2 is 1.84 bits per heavy atom. The van der Waals surface area contributed by atoms with Crippen molar-refractivity contribution in [3.63, 3.8) is 0 Å². The van der Waals surface area contributed by atoms with E-state index in [1.807, 2.05) is 19.2 Å². The number of aromatic nitrogens is 1. The van der Waals surface area contributed by atoms with Gasteiger partial charge in [-0.05, 0) is 31.5 Å². The Kier molecular flexibility index (Phi) is 4.17. The van der Waals surface area contributed by atoms with E-state index < -0.39 is 0 Å². The second-order valence-corrected chi connectivity index (χ2v) is 5.07. The van der Waals surface area contributed by atoms with Crippen molar-refractivity contribution in [2.45, 2.75) is 26.4 Å². The quantitative estimate of drug-likeness (QED) is 0.913. The highest BCUT2D eigenvalue weighted by molar-refractivity contribution is 5.44. The fraction of sp³-hybridized carbons (Fsp3) is 0.312.